The summed E-state index contributed by atoms with van der Waals surface area (Å²) >= 11 is 0. The molecule has 1 aromatic heterocycles. The molecule has 1 saturated heterocycles. The molecule has 2 N–H and O–H groups in total. The fourth-order valence-corrected chi connectivity index (χ4v) is 2.29. The van der Waals surface area contributed by atoms with Crippen molar-refractivity contribution < 1.29 is 14.5 Å². The van der Waals surface area contributed by atoms with E-state index in [-0.39, 0.29) is 23.3 Å². The zero-order valence-corrected chi connectivity index (χ0v) is 11.1. The molecular weight excluding hydrogens is 264 g/mol. The Morgan fingerprint density at radius 3 is 2.65 bits per heavy atom. The number of anilines is 1. The maximum Gasteiger partial charge on any atom is 0.311 e. The van der Waals surface area contributed by atoms with Crippen LogP contribution in [0, 0.1) is 16.0 Å². The van der Waals surface area contributed by atoms with Gasteiger partial charge < -0.3 is 15.4 Å². The van der Waals surface area contributed by atoms with Crippen LogP contribution >= 0.6 is 0 Å². The van der Waals surface area contributed by atoms with E-state index in [0.29, 0.717) is 31.8 Å². The molecule has 0 unspecified atom stereocenters. The van der Waals surface area contributed by atoms with Crippen LogP contribution in [-0.4, -0.2) is 36.0 Å². The topological polar surface area (TPSA) is 112 Å². The third-order valence-corrected chi connectivity index (χ3v) is 3.43. The second-order valence-electron chi connectivity index (χ2n) is 4.62. The first-order chi connectivity index (χ1) is 9.52. The summed E-state index contributed by atoms with van der Waals surface area (Å²) in [5, 5.41) is 11.1. The Morgan fingerprint density at radius 2 is 2.15 bits per heavy atom. The van der Waals surface area contributed by atoms with Gasteiger partial charge in [0, 0.05) is 31.1 Å². The summed E-state index contributed by atoms with van der Waals surface area (Å²) < 4.78 is 5.01. The molecule has 0 spiro atoms. The number of hydrogen-bond acceptors (Lipinski definition) is 6. The number of carbonyl (C=O) groups is 1. The predicted molar refractivity (Wildman–Crippen MR) is 71.6 cm³/mol. The summed E-state index contributed by atoms with van der Waals surface area (Å²) in [6, 6.07) is 2.83. The van der Waals surface area contributed by atoms with Gasteiger partial charge in [-0.3, -0.25) is 14.9 Å². The van der Waals surface area contributed by atoms with Crippen molar-refractivity contribution in [2.45, 2.75) is 12.8 Å². The van der Waals surface area contributed by atoms with Crippen LogP contribution in [0.3, 0.4) is 0 Å². The maximum absolute atomic E-state index is 11.1. The van der Waals surface area contributed by atoms with Gasteiger partial charge in [-0.2, -0.15) is 4.98 Å². The number of piperidine rings is 1. The molecule has 108 valence electrons. The summed E-state index contributed by atoms with van der Waals surface area (Å²) in [4.78, 5) is 27.7. The van der Waals surface area contributed by atoms with Gasteiger partial charge >= 0.3 is 5.69 Å². The van der Waals surface area contributed by atoms with E-state index in [1.54, 1.807) is 4.90 Å². The van der Waals surface area contributed by atoms with E-state index in [4.69, 9.17) is 10.5 Å². The van der Waals surface area contributed by atoms with Crippen LogP contribution in [0.15, 0.2) is 12.1 Å². The second kappa shape index (κ2) is 5.72. The fourth-order valence-electron chi connectivity index (χ4n) is 2.29. The maximum atomic E-state index is 11.1. The van der Waals surface area contributed by atoms with Crippen LogP contribution in [0.25, 0.3) is 0 Å². The van der Waals surface area contributed by atoms with E-state index in [1.165, 1.54) is 19.2 Å². The molecule has 8 nitrogen and oxygen atoms in total. The van der Waals surface area contributed by atoms with Gasteiger partial charge in [0.25, 0.3) is 0 Å². The summed E-state index contributed by atoms with van der Waals surface area (Å²) in [6.45, 7) is 1.02. The van der Waals surface area contributed by atoms with Crippen molar-refractivity contribution in [3.05, 3.63) is 22.2 Å². The highest BCUT2D eigenvalue weighted by Crippen LogP contribution is 2.31. The van der Waals surface area contributed by atoms with Crippen LogP contribution < -0.4 is 15.4 Å². The average molecular weight is 280 g/mol. The lowest BCUT2D eigenvalue weighted by Gasteiger charge is -2.31. The van der Waals surface area contributed by atoms with Gasteiger partial charge in [-0.15, -0.1) is 0 Å². The van der Waals surface area contributed by atoms with E-state index in [1.807, 2.05) is 0 Å². The highest BCUT2D eigenvalue weighted by molar-refractivity contribution is 5.77. The van der Waals surface area contributed by atoms with Crippen LogP contribution in [-0.2, 0) is 4.79 Å². The Bertz CT molecular complexity index is 526. The summed E-state index contributed by atoms with van der Waals surface area (Å²) in [7, 11) is 1.46. The number of nitro groups is 1. The van der Waals surface area contributed by atoms with Gasteiger partial charge in [-0.25, -0.2) is 0 Å². The predicted octanol–water partition coefficient (Wildman–Crippen LogP) is 0.700. The first-order valence-corrected chi connectivity index (χ1v) is 6.26. The van der Waals surface area contributed by atoms with Crippen molar-refractivity contribution in [2.24, 2.45) is 11.7 Å². The van der Waals surface area contributed by atoms with Crippen LogP contribution in [0.4, 0.5) is 11.5 Å². The number of pyridine rings is 1. The Balaban J connectivity index is 2.23. The monoisotopic (exact) mass is 280 g/mol. The second-order valence-corrected chi connectivity index (χ2v) is 4.62. The zero-order chi connectivity index (χ0) is 14.7. The SMILES string of the molecule is COc1ccc([N+](=O)[O-])c(N2CCC(C(N)=O)CC2)n1. The highest BCUT2D eigenvalue weighted by atomic mass is 16.6. The van der Waals surface area contributed by atoms with Gasteiger partial charge in [-0.05, 0) is 12.8 Å². The summed E-state index contributed by atoms with van der Waals surface area (Å²) in [5.41, 5.74) is 5.21. The van der Waals surface area contributed by atoms with Crippen molar-refractivity contribution in [3.8, 4) is 5.88 Å². The van der Waals surface area contributed by atoms with Crippen LogP contribution in [0.5, 0.6) is 5.88 Å². The molecule has 0 atom stereocenters. The number of aromatic nitrogens is 1. The van der Waals surface area contributed by atoms with Crippen molar-refractivity contribution >= 4 is 17.4 Å². The summed E-state index contributed by atoms with van der Waals surface area (Å²) in [5.74, 6) is 0.105. The van der Waals surface area contributed by atoms with Crippen molar-refractivity contribution in [1.82, 2.24) is 4.98 Å². The quantitative estimate of drug-likeness (QED) is 0.641. The Hall–Kier alpha value is -2.38. The number of carbonyl (C=O) groups excluding carboxylic acids is 1. The molecule has 1 aliphatic heterocycles. The highest BCUT2D eigenvalue weighted by Gasteiger charge is 2.28. The lowest BCUT2D eigenvalue weighted by molar-refractivity contribution is -0.384. The zero-order valence-electron chi connectivity index (χ0n) is 11.1. The molecule has 1 fully saturated rings. The normalized spacial score (nSPS) is 15.9. The molecule has 0 saturated carbocycles. The van der Waals surface area contributed by atoms with Gasteiger partial charge in [0.1, 0.15) is 0 Å². The van der Waals surface area contributed by atoms with Gasteiger partial charge in [-0.1, -0.05) is 0 Å². The minimum Gasteiger partial charge on any atom is -0.481 e. The van der Waals surface area contributed by atoms with Gasteiger partial charge in [0.15, 0.2) is 0 Å². The number of nitrogens with two attached hydrogens (primary N) is 1. The molecule has 1 amide bonds. The molecule has 0 aliphatic carbocycles. The van der Waals surface area contributed by atoms with Crippen LogP contribution in [0.2, 0.25) is 0 Å². The van der Waals surface area contributed by atoms with Crippen molar-refractivity contribution in [3.63, 3.8) is 0 Å². The fraction of sp³-hybridized carbons (Fsp3) is 0.500. The number of nitrogens with zero attached hydrogens (tertiary/aromatic N) is 3. The molecule has 1 aromatic rings. The minimum absolute atomic E-state index is 0.0664. The van der Waals surface area contributed by atoms with E-state index < -0.39 is 4.92 Å². The van der Waals surface area contributed by atoms with Gasteiger partial charge in [0.2, 0.25) is 17.6 Å². The molecule has 0 aromatic carbocycles. The average Bonchev–Trinajstić information content (AvgIpc) is 2.46. The number of methoxy groups -OCH3 is 1. The molecule has 8 heteroatoms. The number of ether oxygens (including phenoxy) is 1. The largest absolute Gasteiger partial charge is 0.481 e. The van der Waals surface area contributed by atoms with E-state index in [0.717, 1.165) is 0 Å². The lowest BCUT2D eigenvalue weighted by atomic mass is 9.96. The standard InChI is InChI=1S/C12H16N4O4/c1-20-10-3-2-9(16(18)19)12(14-10)15-6-4-8(5-7-15)11(13)17/h2-3,8H,4-7H2,1H3,(H2,13,17). The third kappa shape index (κ3) is 2.79. The third-order valence-electron chi connectivity index (χ3n) is 3.43. The molecule has 1 aliphatic rings. The molecular formula is C12H16N4O4. The summed E-state index contributed by atoms with van der Waals surface area (Å²) in [6.07, 6.45) is 1.15. The smallest absolute Gasteiger partial charge is 0.311 e. The molecule has 0 radical (unpaired) electrons. The Kier molecular flexibility index (Phi) is 4.02. The molecule has 2 heterocycles. The lowest BCUT2D eigenvalue weighted by Crippen LogP contribution is -2.39. The first kappa shape index (κ1) is 14.0. The number of hydrogen-bond donors (Lipinski definition) is 1. The van der Waals surface area contributed by atoms with E-state index in [2.05, 4.69) is 4.98 Å². The Morgan fingerprint density at radius 1 is 1.50 bits per heavy atom. The minimum atomic E-state index is -0.470. The number of amides is 1. The van der Waals surface area contributed by atoms with Gasteiger partial charge in [0.05, 0.1) is 12.0 Å². The molecule has 0 bridgehead atoms. The van der Waals surface area contributed by atoms with Crippen molar-refractivity contribution in [2.75, 3.05) is 25.1 Å². The number of primary amides is 1. The van der Waals surface area contributed by atoms with E-state index in [9.17, 15) is 14.9 Å². The van der Waals surface area contributed by atoms with Crippen molar-refractivity contribution in [1.29, 1.82) is 0 Å². The van der Waals surface area contributed by atoms with E-state index >= 15 is 0 Å². The molecule has 2 rings (SSSR count). The number of rotatable bonds is 4. The van der Waals surface area contributed by atoms with Crippen LogP contribution in [0.1, 0.15) is 12.8 Å². The Labute approximate surface area is 115 Å². The molecule has 20 heavy (non-hydrogen) atoms. The first-order valence-electron chi connectivity index (χ1n) is 6.26.